The number of rotatable bonds is 7. The van der Waals surface area contributed by atoms with E-state index in [1.807, 2.05) is 6.07 Å². The van der Waals surface area contributed by atoms with Crippen LogP contribution in [0.3, 0.4) is 0 Å². The quantitative estimate of drug-likeness (QED) is 0.718. The fourth-order valence-corrected chi connectivity index (χ4v) is 2.03. The molecule has 0 radical (unpaired) electrons. The van der Waals surface area contributed by atoms with E-state index in [0.717, 1.165) is 5.56 Å². The summed E-state index contributed by atoms with van der Waals surface area (Å²) < 4.78 is 4.98. The number of benzene rings is 1. The third-order valence-electron chi connectivity index (χ3n) is 3.07. The molecule has 0 unspecified atom stereocenters. The third-order valence-corrected chi connectivity index (χ3v) is 3.07. The van der Waals surface area contributed by atoms with Gasteiger partial charge in [-0.1, -0.05) is 12.1 Å². The van der Waals surface area contributed by atoms with Gasteiger partial charge in [0.1, 0.15) is 12.1 Å². The molecule has 0 aliphatic rings. The van der Waals surface area contributed by atoms with Crippen molar-refractivity contribution in [2.45, 2.75) is 19.4 Å². The number of aryl methyl sites for hydroxylation is 1. The number of aromatic nitrogens is 2. The number of anilines is 2. The molecule has 1 aromatic heterocycles. The Balaban J connectivity index is 1.95. The van der Waals surface area contributed by atoms with Crippen LogP contribution >= 0.6 is 0 Å². The number of urea groups is 1. The molecule has 8 heteroatoms. The SMILES string of the molecule is COCc1cc(NC(=O)Nc2cccc(CCC(=O)O)c2)ncn1. The van der Waals surface area contributed by atoms with Gasteiger partial charge in [0.2, 0.25) is 0 Å². The monoisotopic (exact) mass is 330 g/mol. The summed E-state index contributed by atoms with van der Waals surface area (Å²) in [7, 11) is 1.55. The summed E-state index contributed by atoms with van der Waals surface area (Å²) in [5.74, 6) is -0.502. The zero-order valence-electron chi connectivity index (χ0n) is 13.2. The second-order valence-electron chi connectivity index (χ2n) is 5.00. The van der Waals surface area contributed by atoms with Gasteiger partial charge >= 0.3 is 12.0 Å². The zero-order chi connectivity index (χ0) is 17.4. The molecule has 2 rings (SSSR count). The van der Waals surface area contributed by atoms with Crippen LogP contribution in [0.15, 0.2) is 36.7 Å². The first-order valence-electron chi connectivity index (χ1n) is 7.25. The van der Waals surface area contributed by atoms with Crippen molar-refractivity contribution in [3.05, 3.63) is 47.9 Å². The lowest BCUT2D eigenvalue weighted by molar-refractivity contribution is -0.136. The van der Waals surface area contributed by atoms with Crippen LogP contribution in [0.25, 0.3) is 0 Å². The van der Waals surface area contributed by atoms with Gasteiger partial charge in [-0.15, -0.1) is 0 Å². The lowest BCUT2D eigenvalue weighted by Crippen LogP contribution is -2.20. The Morgan fingerprint density at radius 1 is 1.21 bits per heavy atom. The van der Waals surface area contributed by atoms with Crippen molar-refractivity contribution >= 4 is 23.5 Å². The number of methoxy groups -OCH3 is 1. The highest BCUT2D eigenvalue weighted by Gasteiger charge is 2.06. The highest BCUT2D eigenvalue weighted by atomic mass is 16.5. The van der Waals surface area contributed by atoms with E-state index in [2.05, 4.69) is 20.6 Å². The van der Waals surface area contributed by atoms with Crippen molar-refractivity contribution in [2.75, 3.05) is 17.7 Å². The molecule has 8 nitrogen and oxygen atoms in total. The van der Waals surface area contributed by atoms with Crippen LogP contribution in [0.5, 0.6) is 0 Å². The third kappa shape index (κ3) is 5.65. The van der Waals surface area contributed by atoms with Crippen LogP contribution in [0.4, 0.5) is 16.3 Å². The predicted octanol–water partition coefficient (Wildman–Crippen LogP) is 2.28. The minimum Gasteiger partial charge on any atom is -0.481 e. The van der Waals surface area contributed by atoms with Crippen molar-refractivity contribution in [1.82, 2.24) is 9.97 Å². The van der Waals surface area contributed by atoms with Crippen molar-refractivity contribution in [2.24, 2.45) is 0 Å². The molecule has 0 aliphatic carbocycles. The average molecular weight is 330 g/mol. The number of nitrogens with one attached hydrogen (secondary N) is 2. The van der Waals surface area contributed by atoms with E-state index < -0.39 is 12.0 Å². The molecule has 0 fully saturated rings. The van der Waals surface area contributed by atoms with Crippen LogP contribution in [0.1, 0.15) is 17.7 Å². The molecule has 3 N–H and O–H groups in total. The molecule has 2 amide bonds. The van der Waals surface area contributed by atoms with E-state index in [4.69, 9.17) is 9.84 Å². The molecule has 0 saturated heterocycles. The Labute approximate surface area is 138 Å². The average Bonchev–Trinajstić information content (AvgIpc) is 2.54. The molecule has 1 aromatic carbocycles. The van der Waals surface area contributed by atoms with Gasteiger partial charge < -0.3 is 15.2 Å². The maximum atomic E-state index is 12.0. The number of ether oxygens (including phenoxy) is 1. The Bertz CT molecular complexity index is 721. The molecule has 2 aromatic rings. The number of amides is 2. The largest absolute Gasteiger partial charge is 0.481 e. The summed E-state index contributed by atoms with van der Waals surface area (Å²) in [4.78, 5) is 30.6. The van der Waals surface area contributed by atoms with Gasteiger partial charge in [0.15, 0.2) is 0 Å². The Hall–Kier alpha value is -3.00. The van der Waals surface area contributed by atoms with Crippen molar-refractivity contribution in [3.8, 4) is 0 Å². The Kier molecular flexibility index (Phi) is 6.21. The Morgan fingerprint density at radius 2 is 2.04 bits per heavy atom. The van der Waals surface area contributed by atoms with Gasteiger partial charge in [-0.05, 0) is 24.1 Å². The maximum Gasteiger partial charge on any atom is 0.324 e. The van der Waals surface area contributed by atoms with Crippen molar-refractivity contribution in [3.63, 3.8) is 0 Å². The number of carboxylic acid groups (broad SMARTS) is 1. The smallest absolute Gasteiger partial charge is 0.324 e. The van der Waals surface area contributed by atoms with Gasteiger partial charge in [0.05, 0.1) is 12.3 Å². The fourth-order valence-electron chi connectivity index (χ4n) is 2.03. The van der Waals surface area contributed by atoms with E-state index in [0.29, 0.717) is 30.2 Å². The number of hydrogen-bond donors (Lipinski definition) is 3. The lowest BCUT2D eigenvalue weighted by atomic mass is 10.1. The highest BCUT2D eigenvalue weighted by Crippen LogP contribution is 2.13. The van der Waals surface area contributed by atoms with E-state index >= 15 is 0 Å². The summed E-state index contributed by atoms with van der Waals surface area (Å²) in [6.45, 7) is 0.324. The van der Waals surface area contributed by atoms with Crippen LogP contribution in [-0.2, 0) is 22.6 Å². The summed E-state index contributed by atoms with van der Waals surface area (Å²) in [6.07, 6.45) is 1.79. The number of carbonyl (C=O) groups is 2. The van der Waals surface area contributed by atoms with Crippen LogP contribution in [-0.4, -0.2) is 34.2 Å². The number of nitrogens with zero attached hydrogens (tertiary/aromatic N) is 2. The number of hydrogen-bond acceptors (Lipinski definition) is 5. The number of carboxylic acids is 1. The van der Waals surface area contributed by atoms with Gasteiger partial charge in [0, 0.05) is 25.3 Å². The molecule has 0 atom stereocenters. The first-order chi connectivity index (χ1) is 11.6. The number of aliphatic carboxylic acids is 1. The van der Waals surface area contributed by atoms with Crippen LogP contribution in [0, 0.1) is 0 Å². The first-order valence-corrected chi connectivity index (χ1v) is 7.25. The highest BCUT2D eigenvalue weighted by molar-refractivity contribution is 5.99. The maximum absolute atomic E-state index is 12.0. The van der Waals surface area contributed by atoms with Crippen molar-refractivity contribution in [1.29, 1.82) is 0 Å². The van der Waals surface area contributed by atoms with Gasteiger partial charge in [-0.2, -0.15) is 0 Å². The molecular weight excluding hydrogens is 312 g/mol. The summed E-state index contributed by atoms with van der Waals surface area (Å²) in [5.41, 5.74) is 2.06. The normalized spacial score (nSPS) is 10.2. The lowest BCUT2D eigenvalue weighted by Gasteiger charge is -2.09. The molecule has 0 spiro atoms. The van der Waals surface area contributed by atoms with Crippen LogP contribution < -0.4 is 10.6 Å². The second-order valence-corrected chi connectivity index (χ2v) is 5.00. The summed E-state index contributed by atoms with van der Waals surface area (Å²) in [6, 6.07) is 8.19. The predicted molar refractivity (Wildman–Crippen MR) is 87.8 cm³/mol. The van der Waals surface area contributed by atoms with Crippen molar-refractivity contribution < 1.29 is 19.4 Å². The summed E-state index contributed by atoms with van der Waals surface area (Å²) >= 11 is 0. The topological polar surface area (TPSA) is 113 Å². The van der Waals surface area contributed by atoms with E-state index in [-0.39, 0.29) is 6.42 Å². The molecule has 1 heterocycles. The standard InChI is InChI=1S/C16H18N4O4/c1-24-9-13-8-14(18-10-17-13)20-16(23)19-12-4-2-3-11(7-12)5-6-15(21)22/h2-4,7-8,10H,5-6,9H2,1H3,(H,21,22)(H2,17,18,19,20,23). The molecule has 0 bridgehead atoms. The molecular formula is C16H18N4O4. The minimum absolute atomic E-state index is 0.0405. The summed E-state index contributed by atoms with van der Waals surface area (Å²) in [5, 5.41) is 14.0. The molecule has 0 saturated carbocycles. The van der Waals surface area contributed by atoms with Gasteiger partial charge in [0.25, 0.3) is 0 Å². The molecule has 126 valence electrons. The van der Waals surface area contributed by atoms with Crippen LogP contribution in [0.2, 0.25) is 0 Å². The minimum atomic E-state index is -0.860. The van der Waals surface area contributed by atoms with E-state index in [1.54, 1.807) is 31.4 Å². The molecule has 24 heavy (non-hydrogen) atoms. The van der Waals surface area contributed by atoms with Gasteiger partial charge in [-0.25, -0.2) is 14.8 Å². The fraction of sp³-hybridized carbons (Fsp3) is 0.250. The van der Waals surface area contributed by atoms with E-state index in [9.17, 15) is 9.59 Å². The second kappa shape index (κ2) is 8.59. The molecule has 0 aliphatic heterocycles. The van der Waals surface area contributed by atoms with E-state index in [1.165, 1.54) is 6.33 Å². The van der Waals surface area contributed by atoms with Gasteiger partial charge in [-0.3, -0.25) is 10.1 Å². The number of carbonyl (C=O) groups excluding carboxylic acids is 1. The zero-order valence-corrected chi connectivity index (χ0v) is 13.2. The first kappa shape index (κ1) is 17.4. The Morgan fingerprint density at radius 3 is 2.79 bits per heavy atom.